The van der Waals surface area contributed by atoms with Gasteiger partial charge in [0.2, 0.25) is 11.8 Å². The number of benzene rings is 1. The van der Waals surface area contributed by atoms with Crippen molar-refractivity contribution >= 4 is 11.8 Å². The fourth-order valence-electron chi connectivity index (χ4n) is 4.22. The zero-order valence-electron chi connectivity index (χ0n) is 21.1. The van der Waals surface area contributed by atoms with Crippen LogP contribution in [0.15, 0.2) is 30.3 Å². The number of hydrogen-bond acceptors (Lipinski definition) is 7. The van der Waals surface area contributed by atoms with Crippen LogP contribution in [-0.4, -0.2) is 76.5 Å². The summed E-state index contributed by atoms with van der Waals surface area (Å²) in [7, 11) is 0. The molecule has 1 saturated heterocycles. The van der Waals surface area contributed by atoms with Gasteiger partial charge in [-0.1, -0.05) is 62.9 Å². The molecule has 0 aliphatic carbocycles. The number of amides is 2. The van der Waals surface area contributed by atoms with E-state index in [2.05, 4.69) is 17.6 Å². The number of carbonyl (C=O) groups excluding carboxylic acids is 2. The van der Waals surface area contributed by atoms with Crippen LogP contribution in [0.1, 0.15) is 64.9 Å². The molecule has 1 aliphatic heterocycles. The fraction of sp³-hybridized carbons (Fsp3) is 0.692. The van der Waals surface area contributed by atoms with Crippen LogP contribution in [0.4, 0.5) is 0 Å². The maximum Gasteiger partial charge on any atom is 0.249 e. The van der Waals surface area contributed by atoms with Crippen LogP contribution < -0.4 is 10.6 Å². The first kappa shape index (κ1) is 29.2. The maximum atomic E-state index is 12.8. The van der Waals surface area contributed by atoms with E-state index in [4.69, 9.17) is 9.47 Å². The van der Waals surface area contributed by atoms with Crippen molar-refractivity contribution in [1.29, 1.82) is 0 Å². The molecule has 2 rings (SSSR count). The number of unbranched alkanes of at least 4 members (excludes halogenated alkanes) is 4. The minimum atomic E-state index is -1.50. The summed E-state index contributed by atoms with van der Waals surface area (Å²) < 4.78 is 11.1. The Labute approximate surface area is 208 Å². The van der Waals surface area contributed by atoms with Crippen molar-refractivity contribution in [2.45, 2.75) is 109 Å². The summed E-state index contributed by atoms with van der Waals surface area (Å²) in [5.41, 5.74) is 1.08. The summed E-state index contributed by atoms with van der Waals surface area (Å²) in [4.78, 5) is 25.3. The highest BCUT2D eigenvalue weighted by atomic mass is 16.6. The molecule has 0 bridgehead atoms. The highest BCUT2D eigenvalue weighted by Crippen LogP contribution is 2.24. The molecule has 0 aromatic heterocycles. The van der Waals surface area contributed by atoms with E-state index in [0.717, 1.165) is 31.2 Å². The van der Waals surface area contributed by atoms with Crippen LogP contribution in [0, 0.1) is 0 Å². The standard InChI is InChI=1S/C26H42N2O7/c1-4-5-6-7-11-14-21(30)28-22-24(23(31)20(16-29)35-26(22)33)34-18(3)25(32)27-17(2)15-19-12-9-8-10-13-19/h8-10,12-13,17-18,20,22-24,26,29,31,33H,4-7,11,14-16H2,1-3H3,(H,27,32)(H,28,30)/t17?,18?,20-,22-,23-,24-,26?/m1/s1. The molecule has 3 unspecified atom stereocenters. The van der Waals surface area contributed by atoms with Crippen LogP contribution in [0.25, 0.3) is 0 Å². The smallest absolute Gasteiger partial charge is 0.249 e. The van der Waals surface area contributed by atoms with Gasteiger partial charge >= 0.3 is 0 Å². The second-order valence-corrected chi connectivity index (χ2v) is 9.34. The van der Waals surface area contributed by atoms with E-state index in [0.29, 0.717) is 12.8 Å². The van der Waals surface area contributed by atoms with E-state index in [9.17, 15) is 24.9 Å². The summed E-state index contributed by atoms with van der Waals surface area (Å²) in [6, 6.07) is 8.51. The van der Waals surface area contributed by atoms with E-state index in [-0.39, 0.29) is 24.3 Å². The van der Waals surface area contributed by atoms with Crippen LogP contribution >= 0.6 is 0 Å². The molecule has 1 aliphatic rings. The lowest BCUT2D eigenvalue weighted by Gasteiger charge is -2.43. The summed E-state index contributed by atoms with van der Waals surface area (Å²) in [5.74, 6) is -0.686. The number of hydrogen-bond donors (Lipinski definition) is 5. The largest absolute Gasteiger partial charge is 0.394 e. The Morgan fingerprint density at radius 1 is 1.09 bits per heavy atom. The second kappa shape index (κ2) is 15.2. The minimum absolute atomic E-state index is 0.158. The predicted molar refractivity (Wildman–Crippen MR) is 131 cm³/mol. The second-order valence-electron chi connectivity index (χ2n) is 9.34. The topological polar surface area (TPSA) is 137 Å². The number of ether oxygens (including phenoxy) is 2. The van der Waals surface area contributed by atoms with Gasteiger partial charge < -0.3 is 35.4 Å². The Morgan fingerprint density at radius 2 is 1.77 bits per heavy atom. The van der Waals surface area contributed by atoms with Gasteiger partial charge in [-0.2, -0.15) is 0 Å². The first-order valence-electron chi connectivity index (χ1n) is 12.7. The quantitative estimate of drug-likeness (QED) is 0.247. The van der Waals surface area contributed by atoms with Crippen molar-refractivity contribution in [2.75, 3.05) is 6.61 Å². The van der Waals surface area contributed by atoms with Gasteiger partial charge in [-0.05, 0) is 32.3 Å². The number of aliphatic hydroxyl groups is 3. The molecule has 1 aromatic rings. The van der Waals surface area contributed by atoms with Crippen LogP contribution in [0.5, 0.6) is 0 Å². The molecule has 0 radical (unpaired) electrons. The van der Waals surface area contributed by atoms with E-state index in [1.165, 1.54) is 0 Å². The maximum absolute atomic E-state index is 12.8. The predicted octanol–water partition coefficient (Wildman–Crippen LogP) is 1.42. The molecule has 7 atom stereocenters. The monoisotopic (exact) mass is 494 g/mol. The summed E-state index contributed by atoms with van der Waals surface area (Å²) in [6.45, 7) is 4.99. The van der Waals surface area contributed by atoms with Crippen LogP contribution in [0.2, 0.25) is 0 Å². The lowest BCUT2D eigenvalue weighted by atomic mass is 9.96. The molecule has 0 saturated carbocycles. The van der Waals surface area contributed by atoms with E-state index in [1.54, 1.807) is 6.92 Å². The van der Waals surface area contributed by atoms with Crippen molar-refractivity contribution in [3.8, 4) is 0 Å². The van der Waals surface area contributed by atoms with Gasteiger partial charge in [0.25, 0.3) is 0 Å². The normalized spacial score (nSPS) is 26.1. The molecule has 35 heavy (non-hydrogen) atoms. The number of rotatable bonds is 14. The highest BCUT2D eigenvalue weighted by molar-refractivity contribution is 5.80. The van der Waals surface area contributed by atoms with Gasteiger partial charge in [-0.25, -0.2) is 0 Å². The molecular formula is C26H42N2O7. The van der Waals surface area contributed by atoms with Gasteiger partial charge in [0.1, 0.15) is 30.5 Å². The Hall–Kier alpha value is -2.04. The molecule has 9 heteroatoms. The third-order valence-corrected chi connectivity index (χ3v) is 6.21. The van der Waals surface area contributed by atoms with Crippen molar-refractivity contribution < 1.29 is 34.4 Å². The highest BCUT2D eigenvalue weighted by Gasteiger charge is 2.47. The Balaban J connectivity index is 1.97. The molecule has 0 spiro atoms. The van der Waals surface area contributed by atoms with Gasteiger partial charge in [0, 0.05) is 12.5 Å². The average Bonchev–Trinajstić information content (AvgIpc) is 2.83. The molecule has 5 N–H and O–H groups in total. The molecule has 1 aromatic carbocycles. The number of carbonyl (C=O) groups is 2. The number of nitrogens with one attached hydrogen (secondary N) is 2. The molecule has 1 fully saturated rings. The van der Waals surface area contributed by atoms with E-state index < -0.39 is 43.4 Å². The lowest BCUT2D eigenvalue weighted by Crippen LogP contribution is -2.65. The Kier molecular flexibility index (Phi) is 12.6. The summed E-state index contributed by atoms with van der Waals surface area (Å²) in [5, 5.41) is 36.3. The lowest BCUT2D eigenvalue weighted by molar-refractivity contribution is -0.266. The van der Waals surface area contributed by atoms with Crippen molar-refractivity contribution in [1.82, 2.24) is 10.6 Å². The Morgan fingerprint density at radius 3 is 2.43 bits per heavy atom. The van der Waals surface area contributed by atoms with Gasteiger partial charge in [-0.3, -0.25) is 9.59 Å². The molecule has 198 valence electrons. The van der Waals surface area contributed by atoms with Crippen molar-refractivity contribution in [2.24, 2.45) is 0 Å². The SMILES string of the molecule is CCCCCCCC(=O)N[C@H]1C(O)O[C@H](CO)[C@@H](O)[C@@H]1OC(C)C(=O)NC(C)Cc1ccccc1. The zero-order valence-corrected chi connectivity index (χ0v) is 21.1. The van der Waals surface area contributed by atoms with Crippen LogP contribution in [-0.2, 0) is 25.5 Å². The van der Waals surface area contributed by atoms with E-state index >= 15 is 0 Å². The summed E-state index contributed by atoms with van der Waals surface area (Å²) >= 11 is 0. The molecular weight excluding hydrogens is 452 g/mol. The average molecular weight is 495 g/mol. The number of aliphatic hydroxyl groups excluding tert-OH is 3. The Bertz CT molecular complexity index is 763. The zero-order chi connectivity index (χ0) is 25.8. The van der Waals surface area contributed by atoms with Gasteiger partial charge in [0.15, 0.2) is 6.29 Å². The first-order valence-corrected chi connectivity index (χ1v) is 12.7. The summed E-state index contributed by atoms with van der Waals surface area (Å²) in [6.07, 6.45) is -0.264. The molecule has 1 heterocycles. The third kappa shape index (κ3) is 9.50. The third-order valence-electron chi connectivity index (χ3n) is 6.21. The van der Waals surface area contributed by atoms with Gasteiger partial charge in [0.05, 0.1) is 6.61 Å². The van der Waals surface area contributed by atoms with E-state index in [1.807, 2.05) is 37.3 Å². The molecule has 2 amide bonds. The minimum Gasteiger partial charge on any atom is -0.394 e. The molecule has 9 nitrogen and oxygen atoms in total. The van der Waals surface area contributed by atoms with Crippen molar-refractivity contribution in [3.05, 3.63) is 35.9 Å². The van der Waals surface area contributed by atoms with Crippen molar-refractivity contribution in [3.63, 3.8) is 0 Å². The fourth-order valence-corrected chi connectivity index (χ4v) is 4.22. The van der Waals surface area contributed by atoms with Crippen LogP contribution in [0.3, 0.4) is 0 Å². The van der Waals surface area contributed by atoms with Gasteiger partial charge in [-0.15, -0.1) is 0 Å². The first-order chi connectivity index (χ1) is 16.8.